The van der Waals surface area contributed by atoms with Gasteiger partial charge in [0.25, 0.3) is 11.8 Å². The number of nitrogens with two attached hydrogens (primary N) is 2. The van der Waals surface area contributed by atoms with Gasteiger partial charge in [-0.25, -0.2) is 33.8 Å². The lowest BCUT2D eigenvalue weighted by atomic mass is 10.1. The largest absolute Gasteiger partial charge is 0.444 e. The second-order valence-corrected chi connectivity index (χ2v) is 16.3. The van der Waals surface area contributed by atoms with Crippen molar-refractivity contribution in [3.63, 3.8) is 0 Å². The molecule has 0 unspecified atom stereocenters. The van der Waals surface area contributed by atoms with Crippen molar-refractivity contribution >= 4 is 52.5 Å². The molecule has 2 saturated heterocycles. The monoisotopic (exact) mass is 942 g/mol. The van der Waals surface area contributed by atoms with Gasteiger partial charge < -0.3 is 46.5 Å². The normalized spacial score (nSPS) is 16.5. The minimum atomic E-state index is -4.65. The minimum absolute atomic E-state index is 0.0103. The van der Waals surface area contributed by atoms with Gasteiger partial charge in [0.05, 0.1) is 53.7 Å². The lowest BCUT2D eigenvalue weighted by Gasteiger charge is -2.24. The van der Waals surface area contributed by atoms with Crippen molar-refractivity contribution in [3.05, 3.63) is 72.3 Å². The number of likely N-dealkylation sites (tertiary alicyclic amines) is 1. The molecule has 20 nitrogen and oxygen atoms in total. The van der Waals surface area contributed by atoms with Crippen LogP contribution < -0.4 is 27.4 Å². The van der Waals surface area contributed by atoms with Crippen molar-refractivity contribution in [2.75, 3.05) is 61.5 Å². The number of fused-ring (bicyclic) bond motifs is 2. The zero-order chi connectivity index (χ0) is 48.3. The number of carbonyl (C=O) groups excluding carboxylic acids is 3. The summed E-state index contributed by atoms with van der Waals surface area (Å²) in [5, 5.41) is 16.9. The molecule has 8 heterocycles. The number of nitrogens with one attached hydrogen (secondary N) is 3. The number of halogens is 6. The highest BCUT2D eigenvalue weighted by Crippen LogP contribution is 2.36. The molecule has 0 radical (unpaired) electrons. The van der Waals surface area contributed by atoms with Crippen molar-refractivity contribution in [2.45, 2.75) is 63.8 Å². The molecule has 67 heavy (non-hydrogen) atoms. The number of aromatic nitrogens is 8. The third kappa shape index (κ3) is 12.4. The second kappa shape index (κ2) is 19.3. The Kier molecular flexibility index (Phi) is 13.8. The van der Waals surface area contributed by atoms with E-state index in [1.54, 1.807) is 32.9 Å². The topological polar surface area (TPSA) is 256 Å². The number of pyridine rings is 2. The molecular formula is C41H44F6N14O6. The third-order valence-corrected chi connectivity index (χ3v) is 9.93. The number of anilines is 4. The Morgan fingerprint density at radius 2 is 1.24 bits per heavy atom. The number of alkyl halides is 6. The van der Waals surface area contributed by atoms with Crippen LogP contribution in [0.25, 0.3) is 33.8 Å². The van der Waals surface area contributed by atoms with E-state index in [-0.39, 0.29) is 65.5 Å². The van der Waals surface area contributed by atoms with Crippen LogP contribution in [0.1, 0.15) is 44.7 Å². The Labute approximate surface area is 376 Å². The Bertz CT molecular complexity index is 2770. The first-order chi connectivity index (χ1) is 31.6. The molecule has 3 amide bonds. The number of hydrogen-bond acceptors (Lipinski definition) is 15. The van der Waals surface area contributed by atoms with Gasteiger partial charge in [0, 0.05) is 36.6 Å². The van der Waals surface area contributed by atoms with Crippen LogP contribution in [0, 0.1) is 0 Å². The first kappa shape index (κ1) is 47.8. The van der Waals surface area contributed by atoms with Crippen LogP contribution in [0.3, 0.4) is 0 Å². The summed E-state index contributed by atoms with van der Waals surface area (Å²) >= 11 is 0. The number of rotatable bonds is 10. The fourth-order valence-corrected chi connectivity index (χ4v) is 6.75. The number of nitrogen functional groups attached to an aromatic ring is 2. The molecule has 0 bridgehead atoms. The van der Waals surface area contributed by atoms with Crippen LogP contribution in [-0.4, -0.2) is 119 Å². The van der Waals surface area contributed by atoms with Crippen molar-refractivity contribution in [1.29, 1.82) is 0 Å². The standard InChI is InChI=1S/C23H26F3N7O4.C18H18F3N7O2/c1-22(2,3)37-21(35)32-7-6-14(10-32)36-12-19(34)30-17-11-33-18(29-17)5-4-16(31-33)13-8-15(23(24,25)26)20(27)28-9-13;19-18(20,21)12-5-10(6-24-17(12)22)13-1-2-15-25-14(8-28(15)27-13)26-16(29)9-30-11-3-4-23-7-11/h4-5,8-9,11,14H,6-7,10,12H2,1-3H3,(H2,27,28)(H,30,34);1-2,5-6,8,11,23H,3-4,7,9H2,(H2,22,24)(H,26,29)/t14-;11-/m00/s1. The summed E-state index contributed by atoms with van der Waals surface area (Å²) < 4.78 is 97.9. The second-order valence-electron chi connectivity index (χ2n) is 16.3. The number of imidazole rings is 2. The number of amides is 3. The van der Waals surface area contributed by atoms with Crippen molar-refractivity contribution < 1.29 is 54.9 Å². The van der Waals surface area contributed by atoms with Crippen LogP contribution in [0.15, 0.2) is 61.2 Å². The molecule has 6 aromatic rings. The SMILES string of the molecule is CC(C)(C)OC(=O)N1CC[C@H](OCC(=O)Nc2cn3nc(-c4cnc(N)c(C(F)(F)F)c4)ccc3n2)C1.Nc1ncc(-c2ccc3nc(NC(=O)CO[C@H]4CCNC4)cn3n2)cc1C(F)(F)F. The minimum Gasteiger partial charge on any atom is -0.444 e. The molecule has 8 rings (SSSR count). The fraction of sp³-hybridized carbons (Fsp3) is 0.390. The zero-order valence-corrected chi connectivity index (χ0v) is 36.0. The quantitative estimate of drug-likeness (QED) is 0.112. The van der Waals surface area contributed by atoms with Crippen molar-refractivity contribution in [2.24, 2.45) is 0 Å². The summed E-state index contributed by atoms with van der Waals surface area (Å²) in [6, 6.07) is 7.88. The van der Waals surface area contributed by atoms with Crippen LogP contribution >= 0.6 is 0 Å². The molecule has 7 N–H and O–H groups in total. The van der Waals surface area contributed by atoms with Crippen molar-refractivity contribution in [3.8, 4) is 22.5 Å². The highest BCUT2D eigenvalue weighted by atomic mass is 19.4. The van der Waals surface area contributed by atoms with Gasteiger partial charge in [-0.05, 0) is 76.6 Å². The zero-order valence-electron chi connectivity index (χ0n) is 36.0. The Morgan fingerprint density at radius 3 is 1.69 bits per heavy atom. The molecule has 2 fully saturated rings. The van der Waals surface area contributed by atoms with Crippen molar-refractivity contribution in [1.82, 2.24) is 49.4 Å². The highest BCUT2D eigenvalue weighted by Gasteiger charge is 2.36. The third-order valence-electron chi connectivity index (χ3n) is 9.93. The van der Waals surface area contributed by atoms with E-state index in [2.05, 4.69) is 46.1 Å². The Balaban J connectivity index is 0.000000203. The van der Waals surface area contributed by atoms with Gasteiger partial charge >= 0.3 is 18.4 Å². The predicted octanol–water partition coefficient (Wildman–Crippen LogP) is 5.07. The summed E-state index contributed by atoms with van der Waals surface area (Å²) in [4.78, 5) is 53.8. The average Bonchev–Trinajstić information content (AvgIpc) is 4.08. The Hall–Kier alpha value is -7.19. The predicted molar refractivity (Wildman–Crippen MR) is 228 cm³/mol. The number of carbonyl (C=O) groups is 3. The number of ether oxygens (including phenoxy) is 3. The van der Waals surface area contributed by atoms with Gasteiger partial charge in [-0.15, -0.1) is 0 Å². The molecule has 0 spiro atoms. The smallest absolute Gasteiger partial charge is 0.419 e. The summed E-state index contributed by atoms with van der Waals surface area (Å²) in [5.74, 6) is -1.60. The fourth-order valence-electron chi connectivity index (χ4n) is 6.75. The molecule has 0 aliphatic carbocycles. The van der Waals surface area contributed by atoms with Gasteiger partial charge in [0.1, 0.15) is 30.5 Å². The molecule has 2 aliphatic heterocycles. The summed E-state index contributed by atoms with van der Waals surface area (Å²) in [6.07, 6.45) is -3.28. The summed E-state index contributed by atoms with van der Waals surface area (Å²) in [5.41, 5.74) is 9.51. The number of hydrogen-bond donors (Lipinski definition) is 5. The van der Waals surface area contributed by atoms with E-state index in [9.17, 15) is 40.7 Å². The first-order valence-electron chi connectivity index (χ1n) is 20.5. The lowest BCUT2D eigenvalue weighted by Crippen LogP contribution is -2.36. The van der Waals surface area contributed by atoms with E-state index in [0.29, 0.717) is 37.3 Å². The summed E-state index contributed by atoms with van der Waals surface area (Å²) in [6.45, 7) is 7.36. The maximum absolute atomic E-state index is 13.2. The van der Waals surface area contributed by atoms with E-state index in [1.165, 1.54) is 50.9 Å². The number of nitrogens with zero attached hydrogens (tertiary/aromatic N) is 9. The van der Waals surface area contributed by atoms with Crippen LogP contribution in [-0.2, 0) is 36.2 Å². The van der Waals surface area contributed by atoms with E-state index in [0.717, 1.165) is 25.1 Å². The Morgan fingerprint density at radius 1 is 0.746 bits per heavy atom. The van der Waals surface area contributed by atoms with Gasteiger partial charge in [0.2, 0.25) is 0 Å². The molecule has 0 saturated carbocycles. The summed E-state index contributed by atoms with van der Waals surface area (Å²) in [7, 11) is 0. The van der Waals surface area contributed by atoms with Gasteiger partial charge in [-0.2, -0.15) is 36.5 Å². The van der Waals surface area contributed by atoms with E-state index >= 15 is 0 Å². The maximum Gasteiger partial charge on any atom is 0.419 e. The molecule has 0 aromatic carbocycles. The van der Waals surface area contributed by atoms with Gasteiger partial charge in [-0.1, -0.05) is 0 Å². The lowest BCUT2D eigenvalue weighted by molar-refractivity contribution is -0.137. The van der Waals surface area contributed by atoms with E-state index < -0.39 is 52.7 Å². The highest BCUT2D eigenvalue weighted by molar-refractivity contribution is 5.91. The molecule has 6 aromatic heterocycles. The van der Waals surface area contributed by atoms with E-state index in [1.807, 2.05) is 0 Å². The maximum atomic E-state index is 13.2. The molecule has 356 valence electrons. The van der Waals surface area contributed by atoms with Gasteiger partial charge in [-0.3, -0.25) is 9.59 Å². The van der Waals surface area contributed by atoms with Crippen LogP contribution in [0.5, 0.6) is 0 Å². The first-order valence-corrected chi connectivity index (χ1v) is 20.5. The van der Waals surface area contributed by atoms with Crippen LogP contribution in [0.2, 0.25) is 0 Å². The molecule has 2 aliphatic rings. The van der Waals surface area contributed by atoms with E-state index in [4.69, 9.17) is 25.7 Å². The molecule has 26 heteroatoms. The molecule has 2 atom stereocenters. The van der Waals surface area contributed by atoms with Gasteiger partial charge in [0.15, 0.2) is 22.9 Å². The average molecular weight is 943 g/mol. The van der Waals surface area contributed by atoms with Crippen LogP contribution in [0.4, 0.5) is 54.4 Å². The molecular weight excluding hydrogens is 899 g/mol.